The topological polar surface area (TPSA) is 28.2 Å². The van der Waals surface area contributed by atoms with Crippen LogP contribution in [0.3, 0.4) is 0 Å². The van der Waals surface area contributed by atoms with Crippen LogP contribution < -0.4 is 10.2 Å². The minimum atomic E-state index is 0.394. The number of hydrogen-bond acceptors (Lipinski definition) is 4. The van der Waals surface area contributed by atoms with E-state index in [0.29, 0.717) is 4.75 Å². The van der Waals surface area contributed by atoms with Crippen molar-refractivity contribution in [3.05, 3.63) is 23.9 Å². The average molecular weight is 279 g/mol. The zero-order chi connectivity index (χ0) is 13.7. The van der Waals surface area contributed by atoms with E-state index in [1.807, 2.05) is 12.3 Å². The molecule has 0 unspecified atom stereocenters. The van der Waals surface area contributed by atoms with Crippen LogP contribution in [0, 0.1) is 0 Å². The molecule has 0 radical (unpaired) electrons. The molecule has 1 aromatic heterocycles. The number of thioether (sulfide) groups is 1. The van der Waals surface area contributed by atoms with Gasteiger partial charge in [-0.2, -0.15) is 11.8 Å². The molecule has 2 rings (SSSR count). The van der Waals surface area contributed by atoms with E-state index in [2.05, 4.69) is 53.8 Å². The predicted octanol–water partition coefficient (Wildman–Crippen LogP) is 2.91. The van der Waals surface area contributed by atoms with Crippen LogP contribution in [-0.4, -0.2) is 35.1 Å². The van der Waals surface area contributed by atoms with Crippen LogP contribution in [0.5, 0.6) is 0 Å². The number of aromatic nitrogens is 1. The number of nitrogens with zero attached hydrogens (tertiary/aromatic N) is 2. The van der Waals surface area contributed by atoms with Gasteiger partial charge in [0.15, 0.2) is 0 Å². The second-order valence-corrected chi connectivity index (χ2v) is 7.41. The van der Waals surface area contributed by atoms with E-state index in [1.165, 1.54) is 23.6 Å². The van der Waals surface area contributed by atoms with Crippen LogP contribution in [0.4, 0.5) is 5.82 Å². The smallest absolute Gasteiger partial charge is 0.133 e. The summed E-state index contributed by atoms with van der Waals surface area (Å²) in [4.78, 5) is 7.07. The summed E-state index contributed by atoms with van der Waals surface area (Å²) in [5.74, 6) is 2.35. The van der Waals surface area contributed by atoms with Crippen molar-refractivity contribution in [1.29, 1.82) is 0 Å². The molecule has 4 heteroatoms. The molecule has 0 amide bonds. The second-order valence-electron chi connectivity index (χ2n) is 5.61. The molecule has 106 valence electrons. The first-order chi connectivity index (χ1) is 9.12. The third kappa shape index (κ3) is 4.11. The highest BCUT2D eigenvalue weighted by molar-refractivity contribution is 8.00. The highest BCUT2D eigenvalue weighted by Crippen LogP contribution is 2.32. The Morgan fingerprint density at radius 2 is 2.26 bits per heavy atom. The van der Waals surface area contributed by atoms with E-state index in [9.17, 15) is 0 Å². The Labute approximate surface area is 121 Å². The molecule has 1 N–H and O–H groups in total. The van der Waals surface area contributed by atoms with Gasteiger partial charge in [-0.25, -0.2) is 4.98 Å². The molecule has 1 saturated heterocycles. The maximum absolute atomic E-state index is 4.62. The molecule has 19 heavy (non-hydrogen) atoms. The average Bonchev–Trinajstić information content (AvgIpc) is 2.58. The van der Waals surface area contributed by atoms with E-state index in [-0.39, 0.29) is 0 Å². The van der Waals surface area contributed by atoms with Crippen LogP contribution in [-0.2, 0) is 6.54 Å². The molecule has 1 aliphatic rings. The van der Waals surface area contributed by atoms with Crippen molar-refractivity contribution >= 4 is 17.6 Å². The Morgan fingerprint density at radius 3 is 3.05 bits per heavy atom. The summed E-state index contributed by atoms with van der Waals surface area (Å²) in [6.07, 6.45) is 3.13. The van der Waals surface area contributed by atoms with Crippen LogP contribution in [0.15, 0.2) is 18.3 Å². The Balaban J connectivity index is 2.12. The van der Waals surface area contributed by atoms with Gasteiger partial charge in [0.1, 0.15) is 5.82 Å². The molecule has 1 fully saturated rings. The Bertz CT molecular complexity index is 406. The molecular formula is C15H25N3S. The summed E-state index contributed by atoms with van der Waals surface area (Å²) in [6, 6.07) is 4.22. The molecule has 0 aromatic carbocycles. The number of rotatable bonds is 4. The fraction of sp³-hybridized carbons (Fsp3) is 0.667. The normalized spacial score (nSPS) is 19.2. The van der Waals surface area contributed by atoms with Crippen molar-refractivity contribution < 1.29 is 0 Å². The highest BCUT2D eigenvalue weighted by Gasteiger charge is 2.24. The summed E-state index contributed by atoms with van der Waals surface area (Å²) < 4.78 is 0.394. The molecular weight excluding hydrogens is 254 g/mol. The zero-order valence-corrected chi connectivity index (χ0v) is 13.1. The lowest BCUT2D eigenvalue weighted by Crippen LogP contribution is -2.29. The van der Waals surface area contributed by atoms with Gasteiger partial charge in [-0.3, -0.25) is 0 Å². The van der Waals surface area contributed by atoms with Crippen molar-refractivity contribution in [2.45, 2.75) is 38.5 Å². The summed E-state index contributed by atoms with van der Waals surface area (Å²) in [5.41, 5.74) is 1.31. The first kappa shape index (κ1) is 14.7. The van der Waals surface area contributed by atoms with Gasteiger partial charge in [-0.1, -0.05) is 26.8 Å². The highest BCUT2D eigenvalue weighted by atomic mass is 32.2. The van der Waals surface area contributed by atoms with Crippen LogP contribution in [0.1, 0.15) is 32.8 Å². The maximum atomic E-state index is 4.62. The quantitative estimate of drug-likeness (QED) is 0.917. The summed E-state index contributed by atoms with van der Waals surface area (Å²) >= 11 is 2.08. The number of hydrogen-bond donors (Lipinski definition) is 1. The summed E-state index contributed by atoms with van der Waals surface area (Å²) in [7, 11) is 0. The predicted molar refractivity (Wildman–Crippen MR) is 85.0 cm³/mol. The molecule has 1 aliphatic heterocycles. The second kappa shape index (κ2) is 6.62. The molecule has 3 nitrogen and oxygen atoms in total. The van der Waals surface area contributed by atoms with E-state index in [4.69, 9.17) is 0 Å². The van der Waals surface area contributed by atoms with Gasteiger partial charge < -0.3 is 10.2 Å². The maximum Gasteiger partial charge on any atom is 0.133 e. The van der Waals surface area contributed by atoms with Crippen molar-refractivity contribution in [1.82, 2.24) is 10.3 Å². The van der Waals surface area contributed by atoms with Crippen molar-refractivity contribution in [2.24, 2.45) is 0 Å². The minimum Gasteiger partial charge on any atom is -0.355 e. The van der Waals surface area contributed by atoms with Crippen molar-refractivity contribution in [3.8, 4) is 0 Å². The van der Waals surface area contributed by atoms with Crippen LogP contribution >= 0.6 is 11.8 Å². The van der Waals surface area contributed by atoms with Gasteiger partial charge in [0, 0.05) is 41.9 Å². The molecule has 0 bridgehead atoms. The number of pyridine rings is 1. The number of nitrogens with one attached hydrogen (secondary N) is 1. The third-order valence-corrected chi connectivity index (χ3v) is 4.94. The van der Waals surface area contributed by atoms with E-state index in [0.717, 1.165) is 26.2 Å². The van der Waals surface area contributed by atoms with Crippen molar-refractivity contribution in [2.75, 3.05) is 30.3 Å². The standard InChI is InChI=1S/C15H25N3S/c1-4-16-12-13-6-5-8-17-14(13)18-9-7-15(2,3)19-11-10-18/h5-6,8,16H,4,7,9-12H2,1-3H3. The van der Waals surface area contributed by atoms with Crippen molar-refractivity contribution in [3.63, 3.8) is 0 Å². The van der Waals surface area contributed by atoms with Gasteiger partial charge in [0.2, 0.25) is 0 Å². The first-order valence-electron chi connectivity index (χ1n) is 7.16. The fourth-order valence-corrected chi connectivity index (χ4v) is 3.44. The lowest BCUT2D eigenvalue weighted by atomic mass is 10.1. The lowest BCUT2D eigenvalue weighted by Gasteiger charge is -2.25. The van der Waals surface area contributed by atoms with E-state index < -0.39 is 0 Å². The molecule has 0 aliphatic carbocycles. The van der Waals surface area contributed by atoms with Gasteiger partial charge in [0.25, 0.3) is 0 Å². The summed E-state index contributed by atoms with van der Waals surface area (Å²) in [6.45, 7) is 10.9. The van der Waals surface area contributed by atoms with Gasteiger partial charge >= 0.3 is 0 Å². The monoisotopic (exact) mass is 279 g/mol. The molecule has 2 heterocycles. The Morgan fingerprint density at radius 1 is 1.42 bits per heavy atom. The van der Waals surface area contributed by atoms with Gasteiger partial charge in [-0.05, 0) is 19.0 Å². The van der Waals surface area contributed by atoms with E-state index in [1.54, 1.807) is 0 Å². The SMILES string of the molecule is CCNCc1cccnc1N1CCSC(C)(C)CC1. The zero-order valence-electron chi connectivity index (χ0n) is 12.3. The largest absolute Gasteiger partial charge is 0.355 e. The summed E-state index contributed by atoms with van der Waals surface area (Å²) in [5, 5.41) is 3.40. The Hall–Kier alpha value is -0.740. The molecule has 0 atom stereocenters. The van der Waals surface area contributed by atoms with Gasteiger partial charge in [-0.15, -0.1) is 0 Å². The molecule has 0 spiro atoms. The fourth-order valence-electron chi connectivity index (χ4n) is 2.34. The number of anilines is 1. The first-order valence-corrected chi connectivity index (χ1v) is 8.14. The van der Waals surface area contributed by atoms with Crippen LogP contribution in [0.2, 0.25) is 0 Å². The Kier molecular flexibility index (Phi) is 5.11. The molecule has 0 saturated carbocycles. The minimum absolute atomic E-state index is 0.394. The molecule has 1 aromatic rings. The van der Waals surface area contributed by atoms with Gasteiger partial charge in [0.05, 0.1) is 0 Å². The third-order valence-electron chi connectivity index (χ3n) is 3.57. The van der Waals surface area contributed by atoms with E-state index >= 15 is 0 Å². The lowest BCUT2D eigenvalue weighted by molar-refractivity contribution is 0.631. The van der Waals surface area contributed by atoms with Crippen LogP contribution in [0.25, 0.3) is 0 Å².